The summed E-state index contributed by atoms with van der Waals surface area (Å²) in [4.78, 5) is 4.34. The number of halogens is 1. The third kappa shape index (κ3) is 2.57. The molecule has 1 saturated heterocycles. The van der Waals surface area contributed by atoms with Crippen LogP contribution < -0.4 is 5.32 Å². The zero-order valence-electron chi connectivity index (χ0n) is 10.0. The fourth-order valence-corrected chi connectivity index (χ4v) is 2.53. The SMILES string of the molecule is Clc1cccc(Cc2ncc(C3CCCN3)o2)c1. The van der Waals surface area contributed by atoms with Crippen LogP contribution in [-0.2, 0) is 6.42 Å². The second kappa shape index (κ2) is 5.12. The Kier molecular flexibility index (Phi) is 3.35. The van der Waals surface area contributed by atoms with E-state index < -0.39 is 0 Å². The maximum atomic E-state index is 5.96. The molecule has 1 atom stereocenters. The van der Waals surface area contributed by atoms with Gasteiger partial charge in [-0.3, -0.25) is 0 Å². The molecule has 1 aromatic carbocycles. The van der Waals surface area contributed by atoms with Crippen molar-refractivity contribution in [3.05, 3.63) is 52.7 Å². The van der Waals surface area contributed by atoms with Gasteiger partial charge in [-0.05, 0) is 37.1 Å². The van der Waals surface area contributed by atoms with Gasteiger partial charge in [0.1, 0.15) is 5.76 Å². The van der Waals surface area contributed by atoms with Gasteiger partial charge in [0.05, 0.1) is 12.2 Å². The van der Waals surface area contributed by atoms with E-state index >= 15 is 0 Å². The van der Waals surface area contributed by atoms with Crippen molar-refractivity contribution in [2.24, 2.45) is 0 Å². The number of nitrogens with one attached hydrogen (secondary N) is 1. The summed E-state index contributed by atoms with van der Waals surface area (Å²) in [5.41, 5.74) is 1.12. The van der Waals surface area contributed by atoms with E-state index in [2.05, 4.69) is 10.3 Å². The summed E-state index contributed by atoms with van der Waals surface area (Å²) in [7, 11) is 0. The normalized spacial score (nSPS) is 19.3. The molecule has 94 valence electrons. The van der Waals surface area contributed by atoms with Crippen LogP contribution in [0.1, 0.15) is 36.1 Å². The van der Waals surface area contributed by atoms with Crippen molar-refractivity contribution in [2.45, 2.75) is 25.3 Å². The monoisotopic (exact) mass is 262 g/mol. The van der Waals surface area contributed by atoms with Gasteiger partial charge in [0.2, 0.25) is 0 Å². The highest BCUT2D eigenvalue weighted by Gasteiger charge is 2.20. The van der Waals surface area contributed by atoms with Crippen LogP contribution in [0.25, 0.3) is 0 Å². The lowest BCUT2D eigenvalue weighted by molar-refractivity contribution is 0.417. The van der Waals surface area contributed by atoms with E-state index in [0.29, 0.717) is 12.5 Å². The molecule has 1 aromatic heterocycles. The molecule has 2 aromatic rings. The van der Waals surface area contributed by atoms with Crippen molar-refractivity contribution in [1.29, 1.82) is 0 Å². The molecule has 2 heterocycles. The largest absolute Gasteiger partial charge is 0.444 e. The fraction of sp³-hybridized carbons (Fsp3) is 0.357. The highest BCUT2D eigenvalue weighted by Crippen LogP contribution is 2.24. The molecule has 1 fully saturated rings. The Morgan fingerprint density at radius 1 is 1.44 bits per heavy atom. The van der Waals surface area contributed by atoms with Crippen molar-refractivity contribution < 1.29 is 4.42 Å². The van der Waals surface area contributed by atoms with E-state index in [0.717, 1.165) is 35.2 Å². The van der Waals surface area contributed by atoms with Crippen molar-refractivity contribution in [3.8, 4) is 0 Å². The lowest BCUT2D eigenvalue weighted by Gasteiger charge is -2.04. The van der Waals surface area contributed by atoms with Crippen LogP contribution in [0.4, 0.5) is 0 Å². The molecule has 0 aliphatic carbocycles. The molecule has 1 aliphatic heterocycles. The van der Waals surface area contributed by atoms with Crippen molar-refractivity contribution in [1.82, 2.24) is 10.3 Å². The van der Waals surface area contributed by atoms with E-state index in [9.17, 15) is 0 Å². The molecule has 0 radical (unpaired) electrons. The standard InChI is InChI=1S/C14H15ClN2O/c15-11-4-1-3-10(7-11)8-14-17-9-13(18-14)12-5-2-6-16-12/h1,3-4,7,9,12,16H,2,5-6,8H2. The van der Waals surface area contributed by atoms with Crippen LogP contribution >= 0.6 is 11.6 Å². The van der Waals surface area contributed by atoms with Crippen LogP contribution in [0.2, 0.25) is 5.02 Å². The summed E-state index contributed by atoms with van der Waals surface area (Å²) in [6, 6.07) is 8.13. The van der Waals surface area contributed by atoms with Crippen LogP contribution in [0.15, 0.2) is 34.9 Å². The van der Waals surface area contributed by atoms with Gasteiger partial charge in [0.15, 0.2) is 5.89 Å². The quantitative estimate of drug-likeness (QED) is 0.922. The molecule has 18 heavy (non-hydrogen) atoms. The Bertz CT molecular complexity index is 532. The molecule has 0 spiro atoms. The minimum atomic E-state index is 0.339. The molecule has 0 bridgehead atoms. The molecule has 3 rings (SSSR count). The Labute approximate surface area is 111 Å². The second-order valence-electron chi connectivity index (χ2n) is 4.61. The Hall–Kier alpha value is -1.32. The van der Waals surface area contributed by atoms with E-state index in [1.165, 1.54) is 6.42 Å². The number of benzene rings is 1. The highest BCUT2D eigenvalue weighted by molar-refractivity contribution is 6.30. The van der Waals surface area contributed by atoms with Gasteiger partial charge >= 0.3 is 0 Å². The summed E-state index contributed by atoms with van der Waals surface area (Å²) in [5.74, 6) is 1.70. The summed E-state index contributed by atoms with van der Waals surface area (Å²) >= 11 is 5.96. The number of nitrogens with zero attached hydrogens (tertiary/aromatic N) is 1. The first-order valence-electron chi connectivity index (χ1n) is 6.24. The molecule has 4 heteroatoms. The summed E-state index contributed by atoms with van der Waals surface area (Å²) in [6.07, 6.45) is 4.86. The summed E-state index contributed by atoms with van der Waals surface area (Å²) < 4.78 is 5.79. The topological polar surface area (TPSA) is 38.1 Å². The Morgan fingerprint density at radius 3 is 3.17 bits per heavy atom. The number of oxazole rings is 1. The molecular weight excluding hydrogens is 248 g/mol. The van der Waals surface area contributed by atoms with E-state index in [4.69, 9.17) is 16.0 Å². The molecule has 0 amide bonds. The number of aromatic nitrogens is 1. The molecule has 1 unspecified atom stereocenters. The minimum Gasteiger partial charge on any atom is -0.444 e. The number of hydrogen-bond donors (Lipinski definition) is 1. The molecular formula is C14H15ClN2O. The first-order valence-corrected chi connectivity index (χ1v) is 6.61. The summed E-state index contributed by atoms with van der Waals surface area (Å²) in [6.45, 7) is 1.06. The van der Waals surface area contributed by atoms with Crippen LogP contribution in [-0.4, -0.2) is 11.5 Å². The van der Waals surface area contributed by atoms with Gasteiger partial charge in [-0.25, -0.2) is 4.98 Å². The molecule has 3 nitrogen and oxygen atoms in total. The van der Waals surface area contributed by atoms with Gasteiger partial charge in [-0.1, -0.05) is 23.7 Å². The van der Waals surface area contributed by atoms with Gasteiger partial charge in [-0.15, -0.1) is 0 Å². The van der Waals surface area contributed by atoms with Crippen molar-refractivity contribution in [2.75, 3.05) is 6.54 Å². The molecule has 1 N–H and O–H groups in total. The number of hydrogen-bond acceptors (Lipinski definition) is 3. The predicted molar refractivity (Wildman–Crippen MR) is 70.7 cm³/mol. The fourth-order valence-electron chi connectivity index (χ4n) is 2.32. The number of rotatable bonds is 3. The first-order chi connectivity index (χ1) is 8.81. The van der Waals surface area contributed by atoms with E-state index in [1.54, 1.807) is 0 Å². The van der Waals surface area contributed by atoms with Crippen LogP contribution in [0.5, 0.6) is 0 Å². The molecule has 0 saturated carbocycles. The second-order valence-corrected chi connectivity index (χ2v) is 5.05. The van der Waals surface area contributed by atoms with E-state index in [-0.39, 0.29) is 0 Å². The van der Waals surface area contributed by atoms with Gasteiger partial charge < -0.3 is 9.73 Å². The van der Waals surface area contributed by atoms with Crippen molar-refractivity contribution in [3.63, 3.8) is 0 Å². The Morgan fingerprint density at radius 2 is 2.39 bits per heavy atom. The van der Waals surface area contributed by atoms with E-state index in [1.807, 2.05) is 30.5 Å². The van der Waals surface area contributed by atoms with Gasteiger partial charge in [0.25, 0.3) is 0 Å². The Balaban J connectivity index is 1.73. The molecule has 1 aliphatic rings. The third-order valence-electron chi connectivity index (χ3n) is 3.22. The lowest BCUT2D eigenvalue weighted by Crippen LogP contribution is -2.11. The minimum absolute atomic E-state index is 0.339. The average Bonchev–Trinajstić information content (AvgIpc) is 2.98. The maximum absolute atomic E-state index is 5.96. The zero-order chi connectivity index (χ0) is 12.4. The summed E-state index contributed by atoms with van der Waals surface area (Å²) in [5, 5.41) is 4.15. The van der Waals surface area contributed by atoms with Crippen LogP contribution in [0, 0.1) is 0 Å². The van der Waals surface area contributed by atoms with Crippen molar-refractivity contribution >= 4 is 11.6 Å². The highest BCUT2D eigenvalue weighted by atomic mass is 35.5. The zero-order valence-corrected chi connectivity index (χ0v) is 10.8. The lowest BCUT2D eigenvalue weighted by atomic mass is 10.1. The van der Waals surface area contributed by atoms with Gasteiger partial charge in [0, 0.05) is 11.4 Å². The maximum Gasteiger partial charge on any atom is 0.198 e. The first kappa shape index (κ1) is 11.8. The smallest absolute Gasteiger partial charge is 0.198 e. The van der Waals surface area contributed by atoms with Gasteiger partial charge in [-0.2, -0.15) is 0 Å². The third-order valence-corrected chi connectivity index (χ3v) is 3.45. The average molecular weight is 263 g/mol. The predicted octanol–water partition coefficient (Wildman–Crippen LogP) is 3.34. The van der Waals surface area contributed by atoms with Crippen LogP contribution in [0.3, 0.4) is 0 Å².